The Morgan fingerprint density at radius 1 is 1.25 bits per heavy atom. The molecule has 0 aliphatic carbocycles. The monoisotopic (exact) mass is 334 g/mol. The number of hydrogen-bond donors (Lipinski definition) is 1. The van der Waals surface area contributed by atoms with E-state index in [0.717, 1.165) is 57.6 Å². The maximum atomic E-state index is 13.7. The Morgan fingerprint density at radius 3 is 2.54 bits per heavy atom. The van der Waals surface area contributed by atoms with Gasteiger partial charge in [-0.15, -0.1) is 0 Å². The van der Waals surface area contributed by atoms with Gasteiger partial charge >= 0.3 is 6.03 Å². The number of aryl methyl sites for hydroxylation is 1. The van der Waals surface area contributed by atoms with Crippen LogP contribution in [0.2, 0.25) is 0 Å². The third-order valence-corrected chi connectivity index (χ3v) is 5.70. The van der Waals surface area contributed by atoms with Gasteiger partial charge in [0.05, 0.1) is 6.04 Å². The highest BCUT2D eigenvalue weighted by atomic mass is 19.1. The van der Waals surface area contributed by atoms with Crippen molar-refractivity contribution in [1.29, 1.82) is 0 Å². The second kappa shape index (κ2) is 7.09. The Hall–Kier alpha value is -1.62. The van der Waals surface area contributed by atoms with Gasteiger partial charge in [0.15, 0.2) is 0 Å². The van der Waals surface area contributed by atoms with E-state index >= 15 is 0 Å². The van der Waals surface area contributed by atoms with Crippen LogP contribution in [0.3, 0.4) is 0 Å². The predicted octanol–water partition coefficient (Wildman–Crippen LogP) is 3.80. The van der Waals surface area contributed by atoms with Crippen molar-refractivity contribution in [3.63, 3.8) is 0 Å². The molecule has 2 aliphatic rings. The molecule has 0 saturated carbocycles. The lowest BCUT2D eigenvalue weighted by molar-refractivity contribution is -0.0146. The molecule has 1 aromatic carbocycles. The SMILES string of the molecule is Cc1ccc([C@@H](C)NC(=O)N2CCC3(CCOCC3)CC2)cc1F. The molecule has 0 radical (unpaired) electrons. The summed E-state index contributed by atoms with van der Waals surface area (Å²) in [4.78, 5) is 14.4. The molecule has 2 amide bonds. The summed E-state index contributed by atoms with van der Waals surface area (Å²) >= 11 is 0. The maximum Gasteiger partial charge on any atom is 0.317 e. The van der Waals surface area contributed by atoms with E-state index in [-0.39, 0.29) is 17.9 Å². The van der Waals surface area contributed by atoms with Crippen molar-refractivity contribution >= 4 is 6.03 Å². The predicted molar refractivity (Wildman–Crippen MR) is 91.4 cm³/mol. The first kappa shape index (κ1) is 17.2. The average molecular weight is 334 g/mol. The number of carbonyl (C=O) groups is 1. The van der Waals surface area contributed by atoms with Crippen LogP contribution in [0.1, 0.15) is 49.8 Å². The summed E-state index contributed by atoms with van der Waals surface area (Å²) in [7, 11) is 0. The van der Waals surface area contributed by atoms with E-state index in [1.165, 1.54) is 6.07 Å². The number of piperidine rings is 1. The lowest BCUT2D eigenvalue weighted by Crippen LogP contribution is -2.49. The van der Waals surface area contributed by atoms with Crippen LogP contribution in [0.25, 0.3) is 0 Å². The van der Waals surface area contributed by atoms with Crippen LogP contribution >= 0.6 is 0 Å². The summed E-state index contributed by atoms with van der Waals surface area (Å²) in [6.07, 6.45) is 4.33. The number of nitrogens with one attached hydrogen (secondary N) is 1. The molecule has 4 nitrogen and oxygen atoms in total. The molecule has 2 fully saturated rings. The minimum Gasteiger partial charge on any atom is -0.381 e. The Bertz CT molecular complexity index is 589. The fourth-order valence-corrected chi connectivity index (χ4v) is 3.73. The summed E-state index contributed by atoms with van der Waals surface area (Å²) in [6.45, 7) is 6.92. The molecule has 1 aromatic rings. The van der Waals surface area contributed by atoms with Crippen molar-refractivity contribution in [3.05, 3.63) is 35.1 Å². The number of urea groups is 1. The van der Waals surface area contributed by atoms with Crippen molar-refractivity contribution in [2.24, 2.45) is 5.41 Å². The molecule has 1 N–H and O–H groups in total. The normalized spacial score (nSPS) is 21.5. The van der Waals surface area contributed by atoms with Gasteiger partial charge in [-0.3, -0.25) is 0 Å². The second-order valence-electron chi connectivity index (χ2n) is 7.28. The van der Waals surface area contributed by atoms with Gasteiger partial charge in [0.2, 0.25) is 0 Å². The molecule has 5 heteroatoms. The smallest absolute Gasteiger partial charge is 0.317 e. The number of ether oxygens (including phenoxy) is 1. The molecule has 132 valence electrons. The summed E-state index contributed by atoms with van der Waals surface area (Å²) in [5.74, 6) is -0.229. The van der Waals surface area contributed by atoms with Gasteiger partial charge in [0.25, 0.3) is 0 Å². The summed E-state index contributed by atoms with van der Waals surface area (Å²) in [5, 5.41) is 3.00. The van der Waals surface area contributed by atoms with Crippen LogP contribution in [0.15, 0.2) is 18.2 Å². The zero-order valence-corrected chi connectivity index (χ0v) is 14.6. The van der Waals surface area contributed by atoms with E-state index in [9.17, 15) is 9.18 Å². The van der Waals surface area contributed by atoms with Crippen LogP contribution in [0.5, 0.6) is 0 Å². The minimum absolute atomic E-state index is 0.0506. The van der Waals surface area contributed by atoms with Gasteiger partial charge in [0.1, 0.15) is 5.82 Å². The maximum absolute atomic E-state index is 13.7. The quantitative estimate of drug-likeness (QED) is 0.894. The van der Waals surface area contributed by atoms with Crippen LogP contribution < -0.4 is 5.32 Å². The molecule has 0 bridgehead atoms. The second-order valence-corrected chi connectivity index (χ2v) is 7.28. The molecule has 1 atom stereocenters. The largest absolute Gasteiger partial charge is 0.381 e. The number of rotatable bonds is 2. The summed E-state index contributed by atoms with van der Waals surface area (Å²) < 4.78 is 19.2. The van der Waals surface area contributed by atoms with Crippen molar-refractivity contribution in [2.75, 3.05) is 26.3 Å². The highest BCUT2D eigenvalue weighted by molar-refractivity contribution is 5.74. The number of benzene rings is 1. The van der Waals surface area contributed by atoms with Crippen LogP contribution in [-0.4, -0.2) is 37.2 Å². The molecule has 2 saturated heterocycles. The summed E-state index contributed by atoms with van der Waals surface area (Å²) in [6, 6.07) is 4.88. The van der Waals surface area contributed by atoms with Gasteiger partial charge in [0, 0.05) is 26.3 Å². The number of carbonyl (C=O) groups excluding carboxylic acids is 1. The summed E-state index contributed by atoms with van der Waals surface area (Å²) in [5.41, 5.74) is 1.79. The van der Waals surface area contributed by atoms with E-state index in [1.54, 1.807) is 13.0 Å². The lowest BCUT2D eigenvalue weighted by atomic mass is 9.72. The first-order chi connectivity index (χ1) is 11.5. The highest BCUT2D eigenvalue weighted by Gasteiger charge is 2.37. The first-order valence-electron chi connectivity index (χ1n) is 8.88. The van der Waals surface area contributed by atoms with E-state index in [0.29, 0.717) is 11.0 Å². The number of nitrogens with zero attached hydrogens (tertiary/aromatic N) is 1. The fraction of sp³-hybridized carbons (Fsp3) is 0.632. The van der Waals surface area contributed by atoms with Gasteiger partial charge < -0.3 is 15.0 Å². The fourth-order valence-electron chi connectivity index (χ4n) is 3.73. The Kier molecular flexibility index (Phi) is 5.09. The minimum atomic E-state index is -0.229. The van der Waals surface area contributed by atoms with Gasteiger partial charge in [-0.05, 0) is 62.1 Å². The van der Waals surface area contributed by atoms with E-state index in [2.05, 4.69) is 5.32 Å². The molecule has 0 aromatic heterocycles. The molecule has 2 heterocycles. The van der Waals surface area contributed by atoms with Crippen LogP contribution in [-0.2, 0) is 4.74 Å². The zero-order valence-electron chi connectivity index (χ0n) is 14.6. The third kappa shape index (κ3) is 3.72. The third-order valence-electron chi connectivity index (χ3n) is 5.70. The van der Waals surface area contributed by atoms with Crippen molar-refractivity contribution in [1.82, 2.24) is 10.2 Å². The van der Waals surface area contributed by atoms with Gasteiger partial charge in [-0.2, -0.15) is 0 Å². The van der Waals surface area contributed by atoms with E-state index in [4.69, 9.17) is 4.74 Å². The van der Waals surface area contributed by atoms with Crippen LogP contribution in [0.4, 0.5) is 9.18 Å². The zero-order chi connectivity index (χ0) is 17.2. The van der Waals surface area contributed by atoms with Crippen molar-refractivity contribution in [2.45, 2.75) is 45.6 Å². The average Bonchev–Trinajstić information content (AvgIpc) is 2.58. The molecular formula is C19H27FN2O2. The number of halogens is 1. The van der Waals surface area contributed by atoms with Crippen molar-refractivity contribution in [3.8, 4) is 0 Å². The Labute approximate surface area is 143 Å². The molecule has 2 aliphatic heterocycles. The van der Waals surface area contributed by atoms with E-state index in [1.807, 2.05) is 17.9 Å². The molecule has 3 rings (SSSR count). The topological polar surface area (TPSA) is 41.6 Å². The molecule has 1 spiro atoms. The van der Waals surface area contributed by atoms with Crippen LogP contribution in [0, 0.1) is 18.2 Å². The number of hydrogen-bond acceptors (Lipinski definition) is 2. The molecule has 0 unspecified atom stereocenters. The lowest BCUT2D eigenvalue weighted by Gasteiger charge is -2.44. The highest BCUT2D eigenvalue weighted by Crippen LogP contribution is 2.40. The number of likely N-dealkylation sites (tertiary alicyclic amines) is 1. The first-order valence-corrected chi connectivity index (χ1v) is 8.88. The van der Waals surface area contributed by atoms with Gasteiger partial charge in [-0.1, -0.05) is 12.1 Å². The Morgan fingerprint density at radius 2 is 1.92 bits per heavy atom. The van der Waals surface area contributed by atoms with E-state index < -0.39 is 0 Å². The van der Waals surface area contributed by atoms with Gasteiger partial charge in [-0.25, -0.2) is 9.18 Å². The van der Waals surface area contributed by atoms with Crippen molar-refractivity contribution < 1.29 is 13.9 Å². The standard InChI is InChI=1S/C19H27FN2O2/c1-14-3-4-16(13-17(14)20)15(2)21-18(23)22-9-5-19(6-10-22)7-11-24-12-8-19/h3-4,13,15H,5-12H2,1-2H3,(H,21,23)/t15-/m1/s1. The Balaban J connectivity index is 1.54. The number of amides is 2. The molecule has 24 heavy (non-hydrogen) atoms. The molecular weight excluding hydrogens is 307 g/mol.